The number of pyridine rings is 1. The molecule has 1 atom stereocenters. The van der Waals surface area contributed by atoms with Crippen molar-refractivity contribution in [2.45, 2.75) is 45.3 Å². The van der Waals surface area contributed by atoms with E-state index >= 15 is 0 Å². The molecule has 0 spiro atoms. The van der Waals surface area contributed by atoms with Gasteiger partial charge in [0.25, 0.3) is 0 Å². The van der Waals surface area contributed by atoms with E-state index in [1.54, 1.807) is 7.05 Å². The molecule has 32 heavy (non-hydrogen) atoms. The highest BCUT2D eigenvalue weighted by Gasteiger charge is 2.17. The van der Waals surface area contributed by atoms with E-state index in [2.05, 4.69) is 50.9 Å². The molecular weight excluding hydrogens is 404 g/mol. The number of fused-ring (bicyclic) bond motifs is 1. The van der Waals surface area contributed by atoms with Crippen LogP contribution in [0.25, 0.3) is 5.65 Å². The van der Waals surface area contributed by atoms with Crippen LogP contribution in [-0.4, -0.2) is 53.5 Å². The first-order valence-electron chi connectivity index (χ1n) is 11.3. The summed E-state index contributed by atoms with van der Waals surface area (Å²) in [5.74, 6) is 2.64. The maximum atomic E-state index is 6.10. The van der Waals surface area contributed by atoms with Gasteiger partial charge in [-0.15, -0.1) is 10.2 Å². The minimum absolute atomic E-state index is 0.202. The standard InChI is InChI=1S/C24H32N6O2/c1-18-10-11-19(21(15-18)32-17-20-7-6-14-31-20)16-27-24(25-2)26-12-5-9-23-29-28-22-8-3-4-13-30(22)23/h3-4,8,10-11,13,15,20H,5-7,9,12,14,16-17H2,1-2H3,(H2,25,26,27). The Bertz CT molecular complexity index is 1040. The third-order valence-electron chi connectivity index (χ3n) is 5.60. The van der Waals surface area contributed by atoms with Gasteiger partial charge in [0.15, 0.2) is 11.6 Å². The SMILES string of the molecule is CN=C(NCCCc1nnc2ccccn12)NCc1ccc(C)cc1OCC1CCCO1. The van der Waals surface area contributed by atoms with Crippen LogP contribution in [0.2, 0.25) is 0 Å². The predicted octanol–water partition coefficient (Wildman–Crippen LogP) is 2.89. The predicted molar refractivity (Wildman–Crippen MR) is 125 cm³/mol. The Morgan fingerprint density at radius 2 is 2.19 bits per heavy atom. The summed E-state index contributed by atoms with van der Waals surface area (Å²) in [4.78, 5) is 4.34. The third kappa shape index (κ3) is 5.76. The van der Waals surface area contributed by atoms with Gasteiger partial charge in [-0.1, -0.05) is 18.2 Å². The third-order valence-corrected chi connectivity index (χ3v) is 5.60. The van der Waals surface area contributed by atoms with Crippen molar-refractivity contribution in [1.29, 1.82) is 0 Å². The van der Waals surface area contributed by atoms with Crippen LogP contribution in [0.5, 0.6) is 5.75 Å². The minimum Gasteiger partial charge on any atom is -0.491 e. The quantitative estimate of drug-likeness (QED) is 0.305. The fourth-order valence-electron chi connectivity index (χ4n) is 3.81. The molecule has 8 nitrogen and oxygen atoms in total. The van der Waals surface area contributed by atoms with Gasteiger partial charge in [-0.3, -0.25) is 9.39 Å². The van der Waals surface area contributed by atoms with Crippen molar-refractivity contribution in [2.75, 3.05) is 26.8 Å². The Hall–Kier alpha value is -3.13. The van der Waals surface area contributed by atoms with Crippen molar-refractivity contribution in [3.05, 3.63) is 59.5 Å². The number of aryl methyl sites for hydroxylation is 2. The topological polar surface area (TPSA) is 85.1 Å². The first-order chi connectivity index (χ1) is 15.7. The number of ether oxygens (including phenoxy) is 2. The van der Waals surface area contributed by atoms with Crippen LogP contribution in [0.15, 0.2) is 47.6 Å². The van der Waals surface area contributed by atoms with Crippen molar-refractivity contribution < 1.29 is 9.47 Å². The Balaban J connectivity index is 1.25. The van der Waals surface area contributed by atoms with E-state index in [9.17, 15) is 0 Å². The Kier molecular flexibility index (Phi) is 7.55. The van der Waals surface area contributed by atoms with Gasteiger partial charge in [0.2, 0.25) is 0 Å². The number of benzene rings is 1. The fraction of sp³-hybridized carbons (Fsp3) is 0.458. The summed E-state index contributed by atoms with van der Waals surface area (Å²) in [6.07, 6.45) is 6.16. The second-order valence-corrected chi connectivity index (χ2v) is 8.06. The first kappa shape index (κ1) is 22.1. The van der Waals surface area contributed by atoms with Crippen LogP contribution in [-0.2, 0) is 17.7 Å². The van der Waals surface area contributed by atoms with Crippen molar-refractivity contribution in [3.63, 3.8) is 0 Å². The summed E-state index contributed by atoms with van der Waals surface area (Å²) in [6.45, 7) is 4.94. The number of hydrogen-bond donors (Lipinski definition) is 2. The van der Waals surface area contributed by atoms with Gasteiger partial charge in [-0.2, -0.15) is 0 Å². The van der Waals surface area contributed by atoms with Crippen LogP contribution in [0.1, 0.15) is 36.2 Å². The summed E-state index contributed by atoms with van der Waals surface area (Å²) < 4.78 is 13.8. The second-order valence-electron chi connectivity index (χ2n) is 8.06. The molecule has 3 heterocycles. The van der Waals surface area contributed by atoms with Gasteiger partial charge in [0.1, 0.15) is 18.2 Å². The van der Waals surface area contributed by atoms with E-state index in [4.69, 9.17) is 9.47 Å². The van der Waals surface area contributed by atoms with E-state index in [-0.39, 0.29) is 6.10 Å². The molecule has 1 aliphatic heterocycles. The van der Waals surface area contributed by atoms with Gasteiger partial charge in [-0.25, -0.2) is 0 Å². The lowest BCUT2D eigenvalue weighted by Crippen LogP contribution is -2.37. The van der Waals surface area contributed by atoms with Crippen LogP contribution in [0, 0.1) is 6.92 Å². The zero-order valence-electron chi connectivity index (χ0n) is 18.9. The molecule has 170 valence electrons. The van der Waals surface area contributed by atoms with E-state index in [0.717, 1.165) is 67.6 Å². The van der Waals surface area contributed by atoms with E-state index in [0.29, 0.717) is 13.2 Å². The molecule has 1 aliphatic rings. The van der Waals surface area contributed by atoms with Gasteiger partial charge >= 0.3 is 0 Å². The molecular formula is C24H32N6O2. The summed E-state index contributed by atoms with van der Waals surface area (Å²) in [5.41, 5.74) is 3.16. The van der Waals surface area contributed by atoms with Gasteiger partial charge in [-0.05, 0) is 49.9 Å². The number of hydrogen-bond acceptors (Lipinski definition) is 5. The van der Waals surface area contributed by atoms with Gasteiger partial charge in [0.05, 0.1) is 6.10 Å². The molecule has 1 unspecified atom stereocenters. The summed E-state index contributed by atoms with van der Waals surface area (Å²) >= 11 is 0. The molecule has 2 aromatic heterocycles. The highest BCUT2D eigenvalue weighted by atomic mass is 16.5. The highest BCUT2D eigenvalue weighted by Crippen LogP contribution is 2.22. The van der Waals surface area contributed by atoms with E-state index in [1.807, 2.05) is 28.8 Å². The van der Waals surface area contributed by atoms with Gasteiger partial charge in [0, 0.05) is 44.9 Å². The Morgan fingerprint density at radius 1 is 1.25 bits per heavy atom. The molecule has 0 aliphatic carbocycles. The maximum absolute atomic E-state index is 6.10. The fourth-order valence-corrected chi connectivity index (χ4v) is 3.81. The average Bonchev–Trinajstić information content (AvgIpc) is 3.48. The summed E-state index contributed by atoms with van der Waals surface area (Å²) in [5, 5.41) is 15.3. The Labute approximate surface area is 189 Å². The molecule has 1 fully saturated rings. The van der Waals surface area contributed by atoms with Crippen molar-refractivity contribution >= 4 is 11.6 Å². The summed E-state index contributed by atoms with van der Waals surface area (Å²) in [6, 6.07) is 12.2. The lowest BCUT2D eigenvalue weighted by molar-refractivity contribution is 0.0676. The largest absolute Gasteiger partial charge is 0.491 e. The molecule has 2 N–H and O–H groups in total. The van der Waals surface area contributed by atoms with Crippen LogP contribution in [0.3, 0.4) is 0 Å². The van der Waals surface area contributed by atoms with E-state index in [1.165, 1.54) is 5.56 Å². The number of nitrogens with one attached hydrogen (secondary N) is 2. The zero-order chi connectivity index (χ0) is 22.2. The van der Waals surface area contributed by atoms with Gasteiger partial charge < -0.3 is 20.1 Å². The monoisotopic (exact) mass is 436 g/mol. The first-order valence-corrected chi connectivity index (χ1v) is 11.3. The van der Waals surface area contributed by atoms with Crippen molar-refractivity contribution in [2.24, 2.45) is 4.99 Å². The number of rotatable bonds is 9. The maximum Gasteiger partial charge on any atom is 0.191 e. The molecule has 1 saturated heterocycles. The molecule has 0 saturated carbocycles. The molecule has 0 bridgehead atoms. The van der Waals surface area contributed by atoms with Crippen molar-refractivity contribution in [1.82, 2.24) is 25.2 Å². The van der Waals surface area contributed by atoms with Crippen LogP contribution in [0.4, 0.5) is 0 Å². The number of aliphatic imine (C=N–C) groups is 1. The summed E-state index contributed by atoms with van der Waals surface area (Å²) in [7, 11) is 1.78. The molecule has 3 aromatic rings. The zero-order valence-corrected chi connectivity index (χ0v) is 18.9. The van der Waals surface area contributed by atoms with E-state index < -0.39 is 0 Å². The molecule has 0 radical (unpaired) electrons. The second kappa shape index (κ2) is 10.9. The number of nitrogens with zero attached hydrogens (tertiary/aromatic N) is 4. The lowest BCUT2D eigenvalue weighted by Gasteiger charge is -2.17. The minimum atomic E-state index is 0.202. The average molecular weight is 437 g/mol. The Morgan fingerprint density at radius 3 is 3.03 bits per heavy atom. The van der Waals surface area contributed by atoms with Crippen molar-refractivity contribution in [3.8, 4) is 5.75 Å². The normalized spacial score (nSPS) is 16.4. The molecule has 4 rings (SSSR count). The number of guanidine groups is 1. The van der Waals surface area contributed by atoms with Crippen LogP contribution < -0.4 is 15.4 Å². The number of aromatic nitrogens is 3. The highest BCUT2D eigenvalue weighted by molar-refractivity contribution is 5.79. The molecule has 8 heteroatoms. The van der Waals surface area contributed by atoms with Crippen LogP contribution >= 0.6 is 0 Å². The molecule has 0 amide bonds. The lowest BCUT2D eigenvalue weighted by atomic mass is 10.1. The molecule has 1 aromatic carbocycles. The smallest absolute Gasteiger partial charge is 0.191 e.